The van der Waals surface area contributed by atoms with Gasteiger partial charge in [0, 0.05) is 12.7 Å². The number of carbonyl (C=O) groups is 2. The minimum Gasteiger partial charge on any atom is -0.462 e. The second-order valence-electron chi connectivity index (χ2n) is 6.35. The SMILES string of the molecule is CC(=O)SCCCCCCCCCCCOC(=O)c1ccc(C#N)cc1. The van der Waals surface area contributed by atoms with Crippen molar-refractivity contribution in [3.63, 3.8) is 0 Å². The zero-order valence-corrected chi connectivity index (χ0v) is 16.5. The normalized spacial score (nSPS) is 10.3. The van der Waals surface area contributed by atoms with Crippen LogP contribution >= 0.6 is 11.8 Å². The highest BCUT2D eigenvalue weighted by molar-refractivity contribution is 8.13. The van der Waals surface area contributed by atoms with Gasteiger partial charge in [-0.3, -0.25) is 4.79 Å². The Labute approximate surface area is 161 Å². The van der Waals surface area contributed by atoms with E-state index < -0.39 is 0 Å². The molecule has 0 atom stereocenters. The number of hydrogen-bond acceptors (Lipinski definition) is 5. The van der Waals surface area contributed by atoms with E-state index in [1.807, 2.05) is 6.07 Å². The molecule has 0 aliphatic rings. The molecule has 4 nitrogen and oxygen atoms in total. The Hall–Kier alpha value is -1.80. The lowest BCUT2D eigenvalue weighted by atomic mass is 10.1. The van der Waals surface area contributed by atoms with Gasteiger partial charge in [-0.15, -0.1) is 0 Å². The second-order valence-corrected chi connectivity index (χ2v) is 7.62. The molecular weight excluding hydrogens is 346 g/mol. The monoisotopic (exact) mass is 375 g/mol. The van der Waals surface area contributed by atoms with Crippen LogP contribution in [0.4, 0.5) is 0 Å². The zero-order chi connectivity index (χ0) is 19.0. The fourth-order valence-electron chi connectivity index (χ4n) is 2.59. The quantitative estimate of drug-likeness (QED) is 0.336. The summed E-state index contributed by atoms with van der Waals surface area (Å²) in [6.45, 7) is 2.07. The number of ether oxygens (including phenoxy) is 1. The van der Waals surface area contributed by atoms with Crippen molar-refractivity contribution in [2.45, 2.75) is 64.7 Å². The van der Waals surface area contributed by atoms with E-state index in [4.69, 9.17) is 10.00 Å². The summed E-state index contributed by atoms with van der Waals surface area (Å²) in [4.78, 5) is 22.6. The van der Waals surface area contributed by atoms with Gasteiger partial charge in [0.15, 0.2) is 5.12 Å². The maximum atomic E-state index is 11.8. The van der Waals surface area contributed by atoms with Crippen LogP contribution in [0.25, 0.3) is 0 Å². The van der Waals surface area contributed by atoms with Crippen molar-refractivity contribution in [2.75, 3.05) is 12.4 Å². The molecule has 0 unspecified atom stereocenters. The van der Waals surface area contributed by atoms with E-state index in [1.54, 1.807) is 31.2 Å². The van der Waals surface area contributed by atoms with Crippen molar-refractivity contribution in [2.24, 2.45) is 0 Å². The molecule has 5 heteroatoms. The lowest BCUT2D eigenvalue weighted by molar-refractivity contribution is -0.109. The van der Waals surface area contributed by atoms with E-state index in [-0.39, 0.29) is 11.1 Å². The summed E-state index contributed by atoms with van der Waals surface area (Å²) in [5.41, 5.74) is 1.03. The average Bonchev–Trinajstić information content (AvgIpc) is 2.65. The van der Waals surface area contributed by atoms with E-state index in [9.17, 15) is 9.59 Å². The van der Waals surface area contributed by atoms with Gasteiger partial charge in [-0.1, -0.05) is 56.7 Å². The number of benzene rings is 1. The minimum absolute atomic E-state index is 0.215. The fraction of sp³-hybridized carbons (Fsp3) is 0.571. The van der Waals surface area contributed by atoms with E-state index in [1.165, 1.54) is 50.3 Å². The molecule has 0 aromatic heterocycles. The third kappa shape index (κ3) is 10.9. The van der Waals surface area contributed by atoms with Crippen LogP contribution in [-0.2, 0) is 9.53 Å². The number of thioether (sulfide) groups is 1. The molecule has 0 saturated carbocycles. The molecule has 0 N–H and O–H groups in total. The highest BCUT2D eigenvalue weighted by Crippen LogP contribution is 2.12. The molecule has 26 heavy (non-hydrogen) atoms. The third-order valence-electron chi connectivity index (χ3n) is 4.08. The molecule has 142 valence electrons. The smallest absolute Gasteiger partial charge is 0.338 e. The molecule has 0 amide bonds. The zero-order valence-electron chi connectivity index (χ0n) is 15.7. The van der Waals surface area contributed by atoms with Crippen molar-refractivity contribution in [1.82, 2.24) is 0 Å². The summed E-state index contributed by atoms with van der Waals surface area (Å²) >= 11 is 1.43. The van der Waals surface area contributed by atoms with Crippen LogP contribution in [0, 0.1) is 11.3 Å². The van der Waals surface area contributed by atoms with Gasteiger partial charge in [0.05, 0.1) is 23.8 Å². The second kappa shape index (κ2) is 14.4. The van der Waals surface area contributed by atoms with Crippen LogP contribution in [-0.4, -0.2) is 23.4 Å². The van der Waals surface area contributed by atoms with Crippen LogP contribution in [0.15, 0.2) is 24.3 Å². The Balaban J connectivity index is 1.90. The first kappa shape index (κ1) is 22.2. The summed E-state index contributed by atoms with van der Waals surface area (Å²) in [6.07, 6.45) is 10.5. The predicted molar refractivity (Wildman–Crippen MR) is 106 cm³/mol. The van der Waals surface area contributed by atoms with Crippen molar-refractivity contribution >= 4 is 22.8 Å². The summed E-state index contributed by atoms with van der Waals surface area (Å²) in [5.74, 6) is 0.633. The first-order valence-corrected chi connectivity index (χ1v) is 10.4. The lowest BCUT2D eigenvalue weighted by Crippen LogP contribution is -2.06. The molecule has 0 bridgehead atoms. The summed E-state index contributed by atoms with van der Waals surface area (Å²) in [6, 6.07) is 8.52. The summed E-state index contributed by atoms with van der Waals surface area (Å²) in [7, 11) is 0. The molecular formula is C21H29NO3S. The van der Waals surface area contributed by atoms with Gasteiger partial charge in [0.25, 0.3) is 0 Å². The largest absolute Gasteiger partial charge is 0.462 e. The Morgan fingerprint density at radius 2 is 1.46 bits per heavy atom. The summed E-state index contributed by atoms with van der Waals surface area (Å²) < 4.78 is 5.25. The van der Waals surface area contributed by atoms with Crippen molar-refractivity contribution in [3.8, 4) is 6.07 Å². The molecule has 0 radical (unpaired) electrons. The lowest BCUT2D eigenvalue weighted by Gasteiger charge is -2.05. The average molecular weight is 376 g/mol. The molecule has 1 rings (SSSR count). The topological polar surface area (TPSA) is 67.2 Å². The molecule has 0 spiro atoms. The van der Waals surface area contributed by atoms with Gasteiger partial charge < -0.3 is 4.74 Å². The fourth-order valence-corrected chi connectivity index (χ4v) is 3.22. The molecule has 0 heterocycles. The standard InChI is InChI=1S/C21H29NO3S/c1-18(23)26-16-10-8-6-4-2-3-5-7-9-15-25-21(24)20-13-11-19(17-22)12-14-20/h11-14H,2-10,15-16H2,1H3. The van der Waals surface area contributed by atoms with Crippen LogP contribution in [0.2, 0.25) is 0 Å². The van der Waals surface area contributed by atoms with Crippen molar-refractivity contribution in [1.29, 1.82) is 5.26 Å². The van der Waals surface area contributed by atoms with Crippen molar-refractivity contribution < 1.29 is 14.3 Å². The number of unbranched alkanes of at least 4 members (excludes halogenated alkanes) is 8. The van der Waals surface area contributed by atoms with Crippen LogP contribution in [0.5, 0.6) is 0 Å². The minimum atomic E-state index is -0.322. The Kier molecular flexibility index (Phi) is 12.3. The maximum absolute atomic E-state index is 11.8. The van der Waals surface area contributed by atoms with Gasteiger partial charge in [0.2, 0.25) is 0 Å². The van der Waals surface area contributed by atoms with Crippen molar-refractivity contribution in [3.05, 3.63) is 35.4 Å². The number of carbonyl (C=O) groups excluding carboxylic acids is 2. The number of hydrogen-bond donors (Lipinski definition) is 0. The highest BCUT2D eigenvalue weighted by Gasteiger charge is 2.06. The Morgan fingerprint density at radius 1 is 0.923 bits per heavy atom. The third-order valence-corrected chi connectivity index (χ3v) is 4.98. The molecule has 1 aromatic rings. The predicted octanol–water partition coefficient (Wildman–Crippen LogP) is 5.51. The molecule has 0 aliphatic heterocycles. The number of nitrogens with zero attached hydrogens (tertiary/aromatic N) is 1. The maximum Gasteiger partial charge on any atom is 0.338 e. The summed E-state index contributed by atoms with van der Waals surface area (Å²) in [5, 5.41) is 8.95. The number of esters is 1. The van der Waals surface area contributed by atoms with Crippen LogP contribution in [0.1, 0.15) is 80.6 Å². The number of nitriles is 1. The molecule has 0 fully saturated rings. The van der Waals surface area contributed by atoms with Gasteiger partial charge in [-0.2, -0.15) is 5.26 Å². The van der Waals surface area contributed by atoms with E-state index in [0.717, 1.165) is 25.0 Å². The first-order chi connectivity index (χ1) is 12.6. The molecule has 0 aliphatic carbocycles. The van der Waals surface area contributed by atoms with Gasteiger partial charge in [-0.25, -0.2) is 4.79 Å². The van der Waals surface area contributed by atoms with E-state index in [2.05, 4.69) is 0 Å². The Bertz CT molecular complexity index is 578. The van der Waals surface area contributed by atoms with E-state index >= 15 is 0 Å². The highest BCUT2D eigenvalue weighted by atomic mass is 32.2. The first-order valence-electron chi connectivity index (χ1n) is 9.44. The van der Waals surface area contributed by atoms with Crippen LogP contribution < -0.4 is 0 Å². The van der Waals surface area contributed by atoms with Gasteiger partial charge >= 0.3 is 5.97 Å². The molecule has 0 saturated heterocycles. The van der Waals surface area contributed by atoms with Gasteiger partial charge in [0.1, 0.15) is 0 Å². The van der Waals surface area contributed by atoms with Gasteiger partial charge in [-0.05, 0) is 37.1 Å². The van der Waals surface area contributed by atoms with E-state index in [0.29, 0.717) is 17.7 Å². The Morgan fingerprint density at radius 3 is 2.00 bits per heavy atom. The molecule has 1 aromatic carbocycles. The number of rotatable bonds is 13. The van der Waals surface area contributed by atoms with Crippen LogP contribution in [0.3, 0.4) is 0 Å².